The molecule has 0 atom stereocenters. The summed E-state index contributed by atoms with van der Waals surface area (Å²) in [6, 6.07) is 24.5. The molecule has 0 spiro atoms. The molecule has 3 aromatic carbocycles. The number of anilines is 2. The van der Waals surface area contributed by atoms with Crippen molar-refractivity contribution in [2.24, 2.45) is 0 Å². The van der Waals surface area contributed by atoms with Crippen molar-refractivity contribution in [3.63, 3.8) is 0 Å². The van der Waals surface area contributed by atoms with E-state index in [0.29, 0.717) is 22.8 Å². The van der Waals surface area contributed by atoms with Gasteiger partial charge in [0, 0.05) is 34.5 Å². The van der Waals surface area contributed by atoms with Gasteiger partial charge < -0.3 is 10.6 Å². The van der Waals surface area contributed by atoms with Crippen molar-refractivity contribution < 1.29 is 4.79 Å². The number of carbonyl (C=O) groups excluding carboxylic acids is 1. The minimum atomic E-state index is -0.176. The number of nitrogens with one attached hydrogen (secondary N) is 2. The van der Waals surface area contributed by atoms with Gasteiger partial charge >= 0.3 is 0 Å². The number of carbonyl (C=O) groups is 1. The number of nitrogens with zero attached hydrogens (tertiary/aromatic N) is 1. The van der Waals surface area contributed by atoms with Crippen molar-refractivity contribution in [1.29, 1.82) is 0 Å². The molecule has 2 N–H and O–H groups in total. The normalized spacial score (nSPS) is 10.6. The van der Waals surface area contributed by atoms with Crippen LogP contribution >= 0.6 is 11.6 Å². The second-order valence-corrected chi connectivity index (χ2v) is 6.78. The summed E-state index contributed by atoms with van der Waals surface area (Å²) in [5, 5.41) is 8.02. The third-order valence-electron chi connectivity index (χ3n) is 4.48. The lowest BCUT2D eigenvalue weighted by atomic mass is 10.1. The van der Waals surface area contributed by atoms with Crippen LogP contribution in [0, 0.1) is 0 Å². The zero-order valence-corrected chi connectivity index (χ0v) is 15.8. The Labute approximate surface area is 168 Å². The van der Waals surface area contributed by atoms with E-state index in [2.05, 4.69) is 21.7 Å². The van der Waals surface area contributed by atoms with Gasteiger partial charge in [-0.3, -0.25) is 9.78 Å². The molecule has 28 heavy (non-hydrogen) atoms. The fraction of sp³-hybridized carbons (Fsp3) is 0.0435. The number of hydrogen-bond acceptors (Lipinski definition) is 3. The van der Waals surface area contributed by atoms with Crippen molar-refractivity contribution in [1.82, 2.24) is 4.98 Å². The molecule has 1 amide bonds. The lowest BCUT2D eigenvalue weighted by Gasteiger charge is -2.13. The van der Waals surface area contributed by atoms with Crippen molar-refractivity contribution in [2.75, 3.05) is 10.6 Å². The average molecular weight is 388 g/mol. The van der Waals surface area contributed by atoms with Crippen LogP contribution in [0.2, 0.25) is 5.02 Å². The number of aromatic nitrogens is 1. The number of benzene rings is 3. The van der Waals surface area contributed by atoms with Crippen LogP contribution < -0.4 is 10.6 Å². The Morgan fingerprint density at radius 1 is 0.893 bits per heavy atom. The van der Waals surface area contributed by atoms with Crippen LogP contribution in [0.15, 0.2) is 85.1 Å². The second kappa shape index (κ2) is 8.11. The van der Waals surface area contributed by atoms with Gasteiger partial charge in [-0.1, -0.05) is 41.9 Å². The molecule has 0 aliphatic rings. The number of rotatable bonds is 5. The van der Waals surface area contributed by atoms with Crippen LogP contribution in [0.1, 0.15) is 15.9 Å². The number of para-hydroxylation sites is 2. The first-order valence-electron chi connectivity index (χ1n) is 8.93. The summed E-state index contributed by atoms with van der Waals surface area (Å²) in [6.07, 6.45) is 1.80. The van der Waals surface area contributed by atoms with Gasteiger partial charge in [0.2, 0.25) is 0 Å². The summed E-state index contributed by atoms with van der Waals surface area (Å²) >= 11 is 5.90. The highest BCUT2D eigenvalue weighted by Gasteiger charge is 2.11. The van der Waals surface area contributed by atoms with E-state index in [9.17, 15) is 4.79 Å². The minimum Gasteiger partial charge on any atom is -0.380 e. The molecule has 1 heterocycles. The SMILES string of the molecule is O=C(Nc1ccc(Cl)cc1)c1ccccc1NCc1ccnc2ccccc12. The summed E-state index contributed by atoms with van der Waals surface area (Å²) in [4.78, 5) is 17.1. The molecule has 1 aromatic heterocycles. The Morgan fingerprint density at radius 2 is 1.64 bits per heavy atom. The summed E-state index contributed by atoms with van der Waals surface area (Å²) in [7, 11) is 0. The second-order valence-electron chi connectivity index (χ2n) is 6.35. The maximum atomic E-state index is 12.7. The highest BCUT2D eigenvalue weighted by atomic mass is 35.5. The van der Waals surface area contributed by atoms with Crippen molar-refractivity contribution in [3.8, 4) is 0 Å². The van der Waals surface area contributed by atoms with E-state index in [-0.39, 0.29) is 5.91 Å². The summed E-state index contributed by atoms with van der Waals surface area (Å²) < 4.78 is 0. The van der Waals surface area contributed by atoms with Gasteiger partial charge in [0.25, 0.3) is 5.91 Å². The standard InChI is InChI=1S/C23H18ClN3O/c24-17-9-11-18(12-10-17)27-23(28)20-6-2-4-8-22(20)26-15-16-13-14-25-21-7-3-1-5-19(16)21/h1-14,26H,15H2,(H,27,28). The summed E-state index contributed by atoms with van der Waals surface area (Å²) in [5.74, 6) is -0.176. The number of amides is 1. The predicted molar refractivity (Wildman–Crippen MR) is 115 cm³/mol. The van der Waals surface area contributed by atoms with Crippen molar-refractivity contribution in [3.05, 3.63) is 101 Å². The van der Waals surface area contributed by atoms with Crippen LogP contribution in [-0.4, -0.2) is 10.9 Å². The van der Waals surface area contributed by atoms with E-state index in [1.54, 1.807) is 36.5 Å². The van der Waals surface area contributed by atoms with Crippen molar-refractivity contribution in [2.45, 2.75) is 6.54 Å². The zero-order chi connectivity index (χ0) is 19.3. The fourth-order valence-corrected chi connectivity index (χ4v) is 3.19. The molecule has 138 valence electrons. The zero-order valence-electron chi connectivity index (χ0n) is 15.0. The first-order chi connectivity index (χ1) is 13.7. The molecule has 0 fully saturated rings. The molecule has 0 radical (unpaired) electrons. The molecule has 4 aromatic rings. The predicted octanol–water partition coefficient (Wildman–Crippen LogP) is 5.75. The number of halogens is 1. The fourth-order valence-electron chi connectivity index (χ4n) is 3.07. The smallest absolute Gasteiger partial charge is 0.257 e. The van der Waals surface area contributed by atoms with E-state index in [1.807, 2.05) is 42.5 Å². The Kier molecular flexibility index (Phi) is 5.22. The summed E-state index contributed by atoms with van der Waals surface area (Å²) in [5.41, 5.74) is 4.13. The van der Waals surface area contributed by atoms with Crippen LogP contribution in [0.4, 0.5) is 11.4 Å². The number of pyridine rings is 1. The quantitative estimate of drug-likeness (QED) is 0.458. The Bertz CT molecular complexity index is 1120. The van der Waals surface area contributed by atoms with Crippen LogP contribution in [0.5, 0.6) is 0 Å². The van der Waals surface area contributed by atoms with Gasteiger partial charge in [-0.15, -0.1) is 0 Å². The molecule has 4 rings (SSSR count). The highest BCUT2D eigenvalue weighted by Crippen LogP contribution is 2.21. The van der Waals surface area contributed by atoms with Crippen LogP contribution in [0.3, 0.4) is 0 Å². The minimum absolute atomic E-state index is 0.176. The van der Waals surface area contributed by atoms with E-state index < -0.39 is 0 Å². The molecule has 0 aliphatic heterocycles. The first kappa shape index (κ1) is 18.0. The maximum absolute atomic E-state index is 12.7. The lowest BCUT2D eigenvalue weighted by Crippen LogP contribution is -2.14. The number of fused-ring (bicyclic) bond motifs is 1. The Balaban J connectivity index is 1.54. The Morgan fingerprint density at radius 3 is 2.50 bits per heavy atom. The van der Waals surface area contributed by atoms with E-state index >= 15 is 0 Å². The molecular weight excluding hydrogens is 370 g/mol. The molecule has 0 saturated carbocycles. The van der Waals surface area contributed by atoms with Gasteiger partial charge in [0.15, 0.2) is 0 Å². The van der Waals surface area contributed by atoms with Gasteiger partial charge in [-0.2, -0.15) is 0 Å². The highest BCUT2D eigenvalue weighted by molar-refractivity contribution is 6.30. The first-order valence-corrected chi connectivity index (χ1v) is 9.31. The van der Waals surface area contributed by atoms with Crippen LogP contribution in [-0.2, 0) is 6.54 Å². The molecule has 4 nitrogen and oxygen atoms in total. The monoisotopic (exact) mass is 387 g/mol. The Hall–Kier alpha value is -3.37. The van der Waals surface area contributed by atoms with Crippen LogP contribution in [0.25, 0.3) is 10.9 Å². The third kappa shape index (κ3) is 3.97. The van der Waals surface area contributed by atoms with Crippen molar-refractivity contribution >= 4 is 39.8 Å². The molecule has 0 bridgehead atoms. The van der Waals surface area contributed by atoms with Gasteiger partial charge in [0.1, 0.15) is 0 Å². The molecule has 0 unspecified atom stereocenters. The maximum Gasteiger partial charge on any atom is 0.257 e. The summed E-state index contributed by atoms with van der Waals surface area (Å²) in [6.45, 7) is 0.592. The van der Waals surface area contributed by atoms with E-state index in [1.165, 1.54) is 0 Å². The van der Waals surface area contributed by atoms with Gasteiger partial charge in [-0.25, -0.2) is 0 Å². The number of hydrogen-bond donors (Lipinski definition) is 2. The van der Waals surface area contributed by atoms with Gasteiger partial charge in [0.05, 0.1) is 11.1 Å². The topological polar surface area (TPSA) is 54.0 Å². The van der Waals surface area contributed by atoms with E-state index in [0.717, 1.165) is 22.2 Å². The molecule has 0 saturated heterocycles. The largest absolute Gasteiger partial charge is 0.380 e. The average Bonchev–Trinajstić information content (AvgIpc) is 2.74. The third-order valence-corrected chi connectivity index (χ3v) is 4.73. The molecule has 0 aliphatic carbocycles. The molecule has 5 heteroatoms. The lowest BCUT2D eigenvalue weighted by molar-refractivity contribution is 0.102. The van der Waals surface area contributed by atoms with Gasteiger partial charge in [-0.05, 0) is 54.1 Å². The molecular formula is C23H18ClN3O. The van der Waals surface area contributed by atoms with E-state index in [4.69, 9.17) is 11.6 Å².